The molecule has 0 unspecified atom stereocenters. The minimum atomic E-state index is -0.550. The fraction of sp³-hybridized carbons (Fsp3) is 0.185. The Morgan fingerprint density at radius 2 is 1.79 bits per heavy atom. The summed E-state index contributed by atoms with van der Waals surface area (Å²) in [5.74, 6) is -0.303. The number of fused-ring (bicyclic) bond motifs is 3. The van der Waals surface area contributed by atoms with Gasteiger partial charge < -0.3 is 14.8 Å². The van der Waals surface area contributed by atoms with E-state index in [1.54, 1.807) is 30.3 Å². The number of esters is 2. The fourth-order valence-corrected chi connectivity index (χ4v) is 4.98. The first-order valence-corrected chi connectivity index (χ1v) is 11.6. The Balaban J connectivity index is 1.43. The number of hydrogen-bond acceptors (Lipinski definition) is 5. The van der Waals surface area contributed by atoms with E-state index in [0.717, 1.165) is 22.1 Å². The molecular formula is C27H22BrNO4. The van der Waals surface area contributed by atoms with Crippen molar-refractivity contribution in [1.82, 2.24) is 0 Å². The van der Waals surface area contributed by atoms with Crippen molar-refractivity contribution in [3.8, 4) is 5.75 Å². The largest absolute Gasteiger partial charge is 0.465 e. The lowest BCUT2D eigenvalue weighted by Gasteiger charge is -2.37. The van der Waals surface area contributed by atoms with Gasteiger partial charge in [-0.2, -0.15) is 0 Å². The molecule has 33 heavy (non-hydrogen) atoms. The summed E-state index contributed by atoms with van der Waals surface area (Å²) >= 11 is 3.51. The van der Waals surface area contributed by atoms with Crippen LogP contribution >= 0.6 is 15.9 Å². The van der Waals surface area contributed by atoms with Crippen molar-refractivity contribution >= 4 is 33.6 Å². The zero-order valence-electron chi connectivity index (χ0n) is 18.0. The molecule has 3 aromatic rings. The van der Waals surface area contributed by atoms with Crippen LogP contribution in [-0.2, 0) is 4.74 Å². The van der Waals surface area contributed by atoms with E-state index in [1.165, 1.54) is 12.7 Å². The highest BCUT2D eigenvalue weighted by Gasteiger charge is 2.38. The highest BCUT2D eigenvalue weighted by Crippen LogP contribution is 2.50. The van der Waals surface area contributed by atoms with E-state index in [0.29, 0.717) is 11.5 Å². The van der Waals surface area contributed by atoms with E-state index in [9.17, 15) is 9.59 Å². The SMILES string of the molecule is COC(=O)c1ccccc1OC(=O)c1ccc2c(c1)[C@@H]1C=CC[C@H]1[C@@H](c1ccc(Br)cc1)N2. The van der Waals surface area contributed by atoms with E-state index in [4.69, 9.17) is 9.47 Å². The molecule has 0 aromatic heterocycles. The third kappa shape index (κ3) is 4.07. The number of halogens is 1. The average molecular weight is 504 g/mol. The molecule has 1 aliphatic heterocycles. The predicted octanol–water partition coefficient (Wildman–Crippen LogP) is 6.28. The van der Waals surface area contributed by atoms with Crippen LogP contribution in [0, 0.1) is 5.92 Å². The van der Waals surface area contributed by atoms with Crippen LogP contribution in [0.4, 0.5) is 5.69 Å². The average Bonchev–Trinajstić information content (AvgIpc) is 3.34. The van der Waals surface area contributed by atoms with Crippen molar-refractivity contribution in [2.24, 2.45) is 5.92 Å². The summed E-state index contributed by atoms with van der Waals surface area (Å²) in [6.45, 7) is 0. The van der Waals surface area contributed by atoms with Crippen molar-refractivity contribution in [2.75, 3.05) is 12.4 Å². The third-order valence-corrected chi connectivity index (χ3v) is 6.85. The predicted molar refractivity (Wildman–Crippen MR) is 130 cm³/mol. The van der Waals surface area contributed by atoms with Crippen LogP contribution in [0.25, 0.3) is 0 Å². The summed E-state index contributed by atoms with van der Waals surface area (Å²) in [6.07, 6.45) is 5.42. The smallest absolute Gasteiger partial charge is 0.343 e. The van der Waals surface area contributed by atoms with Crippen molar-refractivity contribution < 1.29 is 19.1 Å². The second-order valence-electron chi connectivity index (χ2n) is 8.21. The van der Waals surface area contributed by atoms with Crippen LogP contribution in [0.5, 0.6) is 5.75 Å². The van der Waals surface area contributed by atoms with Gasteiger partial charge in [0.1, 0.15) is 11.3 Å². The molecule has 0 saturated heterocycles. The number of nitrogens with one attached hydrogen (secondary N) is 1. The number of allylic oxidation sites excluding steroid dienone is 2. The lowest BCUT2D eigenvalue weighted by Crippen LogP contribution is -2.29. The van der Waals surface area contributed by atoms with E-state index in [-0.39, 0.29) is 23.3 Å². The van der Waals surface area contributed by atoms with Gasteiger partial charge >= 0.3 is 11.9 Å². The van der Waals surface area contributed by atoms with Crippen LogP contribution in [0.1, 0.15) is 50.2 Å². The number of ether oxygens (including phenoxy) is 2. The van der Waals surface area contributed by atoms with E-state index >= 15 is 0 Å². The van der Waals surface area contributed by atoms with Crippen molar-refractivity contribution in [1.29, 1.82) is 0 Å². The molecule has 6 heteroatoms. The lowest BCUT2D eigenvalue weighted by atomic mass is 9.76. The topological polar surface area (TPSA) is 64.6 Å². The first kappa shape index (κ1) is 21.5. The standard InChI is InChI=1S/C27H22BrNO4/c1-32-27(31)21-5-2-3-8-24(21)33-26(30)17-11-14-23-22(15-17)19-6-4-7-20(19)25(29-23)16-9-12-18(28)13-10-16/h2-6,8-15,19-20,25,29H,7H2,1H3/t19-,20-,25-/m1/s1. The summed E-state index contributed by atoms with van der Waals surface area (Å²) < 4.78 is 11.4. The van der Waals surface area contributed by atoms with Crippen LogP contribution in [-0.4, -0.2) is 19.0 Å². The molecule has 1 heterocycles. The number of hydrogen-bond donors (Lipinski definition) is 1. The van der Waals surface area contributed by atoms with Gasteiger partial charge in [-0.3, -0.25) is 0 Å². The molecule has 166 valence electrons. The summed E-state index contributed by atoms with van der Waals surface area (Å²) in [6, 6.07) is 20.8. The lowest BCUT2D eigenvalue weighted by molar-refractivity contribution is 0.0593. The number of para-hydroxylation sites is 1. The van der Waals surface area contributed by atoms with Gasteiger partial charge in [0.25, 0.3) is 0 Å². The fourth-order valence-electron chi connectivity index (χ4n) is 4.71. The first-order chi connectivity index (χ1) is 16.0. The van der Waals surface area contributed by atoms with E-state index in [1.807, 2.05) is 12.1 Å². The molecule has 0 radical (unpaired) electrons. The monoisotopic (exact) mass is 503 g/mol. The second-order valence-corrected chi connectivity index (χ2v) is 9.12. The summed E-state index contributed by atoms with van der Waals surface area (Å²) in [5.41, 5.74) is 3.99. The molecule has 1 N–H and O–H groups in total. The Morgan fingerprint density at radius 3 is 2.58 bits per heavy atom. The van der Waals surface area contributed by atoms with Gasteiger partial charge in [0.2, 0.25) is 0 Å². The molecule has 5 nitrogen and oxygen atoms in total. The molecule has 1 aliphatic carbocycles. The number of benzene rings is 3. The van der Waals surface area contributed by atoms with Crippen LogP contribution < -0.4 is 10.1 Å². The van der Waals surface area contributed by atoms with Gasteiger partial charge in [-0.25, -0.2) is 9.59 Å². The Hall–Kier alpha value is -3.38. The highest BCUT2D eigenvalue weighted by molar-refractivity contribution is 9.10. The molecule has 0 saturated carbocycles. The quantitative estimate of drug-likeness (QED) is 0.257. The van der Waals surface area contributed by atoms with Crippen molar-refractivity contribution in [3.63, 3.8) is 0 Å². The van der Waals surface area contributed by atoms with Gasteiger partial charge in [-0.05, 0) is 65.9 Å². The van der Waals surface area contributed by atoms with Crippen LogP contribution in [0.15, 0.2) is 83.4 Å². The molecule has 5 rings (SSSR count). The maximum atomic E-state index is 13.0. The van der Waals surface area contributed by atoms with Crippen LogP contribution in [0.2, 0.25) is 0 Å². The Morgan fingerprint density at radius 1 is 1.00 bits per heavy atom. The molecule has 3 atom stereocenters. The zero-order valence-corrected chi connectivity index (χ0v) is 19.5. The van der Waals surface area contributed by atoms with Crippen molar-refractivity contribution in [2.45, 2.75) is 18.4 Å². The highest BCUT2D eigenvalue weighted by atomic mass is 79.9. The van der Waals surface area contributed by atoms with Gasteiger partial charge in [-0.1, -0.05) is 52.3 Å². The van der Waals surface area contributed by atoms with E-state index in [2.05, 4.69) is 57.7 Å². The molecule has 0 fully saturated rings. The maximum absolute atomic E-state index is 13.0. The molecule has 0 spiro atoms. The summed E-state index contributed by atoms with van der Waals surface area (Å²) in [5, 5.41) is 3.68. The minimum Gasteiger partial charge on any atom is -0.465 e. The number of anilines is 1. The second kappa shape index (κ2) is 8.87. The van der Waals surface area contributed by atoms with Gasteiger partial charge in [0.15, 0.2) is 0 Å². The van der Waals surface area contributed by atoms with Gasteiger partial charge in [0.05, 0.1) is 18.7 Å². The Bertz CT molecular complexity index is 1250. The Kier molecular flexibility index (Phi) is 5.77. The number of carbonyl (C=O) groups excluding carboxylic acids is 2. The van der Waals surface area contributed by atoms with E-state index < -0.39 is 11.9 Å². The first-order valence-electron chi connectivity index (χ1n) is 10.8. The van der Waals surface area contributed by atoms with Gasteiger partial charge in [0, 0.05) is 16.1 Å². The van der Waals surface area contributed by atoms with Crippen molar-refractivity contribution in [3.05, 3.63) is 106 Å². The maximum Gasteiger partial charge on any atom is 0.343 e. The van der Waals surface area contributed by atoms with Gasteiger partial charge in [-0.15, -0.1) is 0 Å². The molecule has 3 aromatic carbocycles. The molecule has 0 amide bonds. The number of carbonyl (C=O) groups is 2. The molecular weight excluding hydrogens is 482 g/mol. The number of methoxy groups -OCH3 is 1. The minimum absolute atomic E-state index is 0.180. The zero-order chi connectivity index (χ0) is 22.9. The molecule has 2 aliphatic rings. The number of rotatable bonds is 4. The third-order valence-electron chi connectivity index (χ3n) is 6.32. The summed E-state index contributed by atoms with van der Waals surface area (Å²) in [4.78, 5) is 25.0. The molecule has 0 bridgehead atoms. The Labute approximate surface area is 200 Å². The summed E-state index contributed by atoms with van der Waals surface area (Å²) in [7, 11) is 1.30. The normalized spacial score (nSPS) is 20.4. The van der Waals surface area contributed by atoms with Crippen LogP contribution in [0.3, 0.4) is 0 Å².